The fourth-order valence-electron chi connectivity index (χ4n) is 10.2. The van der Waals surface area contributed by atoms with Crippen LogP contribution in [0.2, 0.25) is 0 Å². The minimum absolute atomic E-state index is 0.109. The summed E-state index contributed by atoms with van der Waals surface area (Å²) in [6.45, 7) is 4.76. The smallest absolute Gasteiger partial charge is 0.0546 e. The second-order valence-corrected chi connectivity index (χ2v) is 16.4. The molecule has 2 aliphatic carbocycles. The van der Waals surface area contributed by atoms with E-state index in [9.17, 15) is 0 Å². The number of fused-ring (bicyclic) bond motifs is 9. The van der Waals surface area contributed by atoms with Crippen molar-refractivity contribution >= 4 is 60.4 Å². The predicted octanol–water partition coefficient (Wildman–Crippen LogP) is 14.9. The number of rotatable bonds is 5. The Balaban J connectivity index is 1.18. The number of nitrogens with zero attached hydrogens (tertiary/aromatic N) is 2. The highest BCUT2D eigenvalue weighted by molar-refractivity contribution is 6.16. The first-order chi connectivity index (χ1) is 27.0. The summed E-state index contributed by atoms with van der Waals surface area (Å²) in [4.78, 5) is 2.52. The van der Waals surface area contributed by atoms with Crippen LogP contribution in [0.25, 0.3) is 60.2 Å². The van der Waals surface area contributed by atoms with Gasteiger partial charge >= 0.3 is 0 Å². The van der Waals surface area contributed by atoms with Crippen molar-refractivity contribution in [2.45, 2.75) is 57.3 Å². The SMILES string of the molecule is CC1(C)c2ccccc2-c2ccc(N(c3ccc4c(c3)c3ccc(C5CCCCC5)cc3n4-c3ccccc3)c3cc4ccccc4c4ccccc34)cc21. The molecule has 0 saturated heterocycles. The van der Waals surface area contributed by atoms with Crippen molar-refractivity contribution in [2.24, 2.45) is 0 Å². The molecule has 2 heteroatoms. The number of hydrogen-bond donors (Lipinski definition) is 0. The Morgan fingerprint density at radius 1 is 0.491 bits per heavy atom. The second-order valence-electron chi connectivity index (χ2n) is 16.4. The van der Waals surface area contributed by atoms with Gasteiger partial charge in [0, 0.05) is 38.6 Å². The molecule has 0 radical (unpaired) electrons. The number of para-hydroxylation sites is 1. The van der Waals surface area contributed by atoms with Gasteiger partial charge in [-0.2, -0.15) is 0 Å². The third-order valence-corrected chi connectivity index (χ3v) is 12.9. The van der Waals surface area contributed by atoms with E-state index < -0.39 is 0 Å². The van der Waals surface area contributed by atoms with Crippen LogP contribution in [0, 0.1) is 0 Å². The predicted molar refractivity (Wildman–Crippen MR) is 234 cm³/mol. The van der Waals surface area contributed by atoms with Crippen LogP contribution in [-0.2, 0) is 5.41 Å². The van der Waals surface area contributed by atoms with E-state index in [-0.39, 0.29) is 5.41 Å². The Bertz CT molecular complexity index is 2940. The van der Waals surface area contributed by atoms with Crippen LogP contribution in [0.15, 0.2) is 164 Å². The average Bonchev–Trinajstić information content (AvgIpc) is 3.69. The van der Waals surface area contributed by atoms with Gasteiger partial charge in [-0.25, -0.2) is 0 Å². The van der Waals surface area contributed by atoms with Gasteiger partial charge in [0.15, 0.2) is 0 Å². The Hall–Kier alpha value is -6.12. The summed E-state index contributed by atoms with van der Waals surface area (Å²) in [6, 6.07) is 61.7. The van der Waals surface area contributed by atoms with E-state index in [1.54, 1.807) is 0 Å². The van der Waals surface area contributed by atoms with Gasteiger partial charge in [0.1, 0.15) is 0 Å². The monoisotopic (exact) mass is 708 g/mol. The lowest BCUT2D eigenvalue weighted by molar-refractivity contribution is 0.444. The zero-order valence-electron chi connectivity index (χ0n) is 31.6. The van der Waals surface area contributed by atoms with E-state index in [0.29, 0.717) is 5.92 Å². The molecule has 0 unspecified atom stereocenters. The summed E-state index contributed by atoms with van der Waals surface area (Å²) in [7, 11) is 0. The summed E-state index contributed by atoms with van der Waals surface area (Å²) < 4.78 is 2.49. The van der Waals surface area contributed by atoms with Crippen LogP contribution in [0.5, 0.6) is 0 Å². The standard InChI is InChI=1S/C53H44N2/c1-53(2)48-24-14-13-22-43(48)44-29-26-40(34-49(44)53)54(51-32-37-17-9-10-20-41(37)42-21-11-12-23-45(42)51)39-27-30-50-47(33-39)46-28-25-36(35-15-5-3-6-16-35)31-52(46)55(50)38-18-7-4-8-19-38/h4,7-14,17-35H,3,5-6,15-16H2,1-2H3. The van der Waals surface area contributed by atoms with Gasteiger partial charge in [-0.05, 0) is 117 Å². The quantitative estimate of drug-likeness (QED) is 0.162. The molecule has 55 heavy (non-hydrogen) atoms. The van der Waals surface area contributed by atoms with E-state index >= 15 is 0 Å². The number of benzene rings is 8. The third kappa shape index (κ3) is 5.01. The van der Waals surface area contributed by atoms with Crippen LogP contribution in [0.1, 0.15) is 68.6 Å². The average molecular weight is 709 g/mol. The normalized spacial score (nSPS) is 15.2. The zero-order valence-corrected chi connectivity index (χ0v) is 31.6. The molecule has 0 bridgehead atoms. The van der Waals surface area contributed by atoms with Crippen molar-refractivity contribution in [1.82, 2.24) is 4.57 Å². The van der Waals surface area contributed by atoms with E-state index in [4.69, 9.17) is 0 Å². The highest BCUT2D eigenvalue weighted by Crippen LogP contribution is 2.52. The van der Waals surface area contributed by atoms with Gasteiger partial charge in [0.2, 0.25) is 0 Å². The summed E-state index contributed by atoms with van der Waals surface area (Å²) in [5.41, 5.74) is 14.1. The fraction of sp³-hybridized carbons (Fsp3) is 0.170. The molecule has 0 N–H and O–H groups in total. The van der Waals surface area contributed by atoms with Gasteiger partial charge in [-0.15, -0.1) is 0 Å². The van der Waals surface area contributed by atoms with Crippen LogP contribution in [-0.4, -0.2) is 4.57 Å². The molecule has 266 valence electrons. The Labute approximate surface area is 323 Å². The van der Waals surface area contributed by atoms with E-state index in [1.165, 1.54) is 120 Å². The molecule has 9 aromatic rings. The maximum absolute atomic E-state index is 2.52. The van der Waals surface area contributed by atoms with Gasteiger partial charge in [0.25, 0.3) is 0 Å². The summed E-state index contributed by atoms with van der Waals surface area (Å²) in [6.07, 6.45) is 6.61. The molecule has 0 atom stereocenters. The first-order valence-corrected chi connectivity index (χ1v) is 20.1. The number of hydrogen-bond acceptors (Lipinski definition) is 1. The maximum atomic E-state index is 2.52. The summed E-state index contributed by atoms with van der Waals surface area (Å²) >= 11 is 0. The molecular weight excluding hydrogens is 665 g/mol. The molecule has 0 amide bonds. The molecule has 1 fully saturated rings. The molecule has 0 spiro atoms. The Kier molecular flexibility index (Phi) is 7.33. The molecule has 2 nitrogen and oxygen atoms in total. The van der Waals surface area contributed by atoms with Gasteiger partial charge < -0.3 is 9.47 Å². The Morgan fingerprint density at radius 2 is 1.18 bits per heavy atom. The molecule has 8 aromatic carbocycles. The van der Waals surface area contributed by atoms with Crippen molar-refractivity contribution in [3.63, 3.8) is 0 Å². The highest BCUT2D eigenvalue weighted by Gasteiger charge is 2.36. The number of aromatic nitrogens is 1. The fourth-order valence-corrected chi connectivity index (χ4v) is 10.2. The van der Waals surface area contributed by atoms with Crippen molar-refractivity contribution in [2.75, 3.05) is 4.90 Å². The van der Waals surface area contributed by atoms with E-state index in [2.05, 4.69) is 187 Å². The highest BCUT2D eigenvalue weighted by atomic mass is 15.1. The zero-order chi connectivity index (χ0) is 36.7. The molecule has 1 heterocycles. The first kappa shape index (κ1) is 32.3. The van der Waals surface area contributed by atoms with Gasteiger partial charge in [-0.3, -0.25) is 0 Å². The minimum atomic E-state index is -0.109. The van der Waals surface area contributed by atoms with Crippen molar-refractivity contribution in [1.29, 1.82) is 0 Å². The topological polar surface area (TPSA) is 8.17 Å². The third-order valence-electron chi connectivity index (χ3n) is 12.9. The van der Waals surface area contributed by atoms with Crippen LogP contribution < -0.4 is 4.90 Å². The molecule has 1 aromatic heterocycles. The van der Waals surface area contributed by atoms with E-state index in [0.717, 1.165) is 5.69 Å². The maximum Gasteiger partial charge on any atom is 0.0546 e. The largest absolute Gasteiger partial charge is 0.310 e. The van der Waals surface area contributed by atoms with Gasteiger partial charge in [-0.1, -0.05) is 142 Å². The van der Waals surface area contributed by atoms with Crippen molar-refractivity contribution in [3.05, 3.63) is 180 Å². The van der Waals surface area contributed by atoms with Crippen molar-refractivity contribution < 1.29 is 0 Å². The van der Waals surface area contributed by atoms with E-state index in [1.807, 2.05) is 0 Å². The summed E-state index contributed by atoms with van der Waals surface area (Å²) in [5, 5.41) is 7.61. The molecule has 0 aliphatic heterocycles. The van der Waals surface area contributed by atoms with Crippen LogP contribution in [0.4, 0.5) is 17.1 Å². The Morgan fingerprint density at radius 3 is 2.04 bits per heavy atom. The first-order valence-electron chi connectivity index (χ1n) is 20.1. The van der Waals surface area contributed by atoms with Gasteiger partial charge in [0.05, 0.1) is 16.7 Å². The van der Waals surface area contributed by atoms with Crippen LogP contribution in [0.3, 0.4) is 0 Å². The lowest BCUT2D eigenvalue weighted by Crippen LogP contribution is -2.16. The van der Waals surface area contributed by atoms with Crippen LogP contribution >= 0.6 is 0 Å². The minimum Gasteiger partial charge on any atom is -0.310 e. The number of anilines is 3. The molecule has 1 saturated carbocycles. The van der Waals surface area contributed by atoms with Crippen molar-refractivity contribution in [3.8, 4) is 16.8 Å². The molecular formula is C53H44N2. The molecule has 2 aliphatic rings. The lowest BCUT2D eigenvalue weighted by Gasteiger charge is -2.29. The lowest BCUT2D eigenvalue weighted by atomic mass is 9.82. The second kappa shape index (κ2) is 12.5. The summed E-state index contributed by atoms with van der Waals surface area (Å²) in [5.74, 6) is 0.642. The molecule has 11 rings (SSSR count).